The Kier molecular flexibility index (Phi) is 15.0. The first-order valence-electron chi connectivity index (χ1n) is 37.7. The van der Waals surface area contributed by atoms with Crippen molar-refractivity contribution in [2.45, 2.75) is 0 Å². The highest BCUT2D eigenvalue weighted by molar-refractivity contribution is 7.27. The van der Waals surface area contributed by atoms with Crippen molar-refractivity contribution >= 4 is 185 Å². The van der Waals surface area contributed by atoms with Crippen LogP contribution in [0.1, 0.15) is 0 Å². The molecule has 0 radical (unpaired) electrons. The highest BCUT2D eigenvalue weighted by Gasteiger charge is 2.41. The molecule has 6 heterocycles. The number of hydrogen-bond acceptors (Lipinski definition) is 2. The van der Waals surface area contributed by atoms with Gasteiger partial charge < -0.3 is 18.3 Å². The van der Waals surface area contributed by atoms with Gasteiger partial charge in [0.05, 0.1) is 60.1 Å². The molecule has 0 bridgehead atoms. The van der Waals surface area contributed by atoms with Gasteiger partial charge in [0, 0.05) is 96.8 Å². The van der Waals surface area contributed by atoms with E-state index in [1.165, 1.54) is 176 Å². The van der Waals surface area contributed by atoms with E-state index in [2.05, 4.69) is 399 Å². The fourth-order valence-corrected chi connectivity index (χ4v) is 25.4. The SMILES string of the molecule is [C-]#[N+]c1cccc(-n2c3ccc(-c4ccc5c(c4)c4ccccc4n5-c4ccccc4)cc3c3ccc4c5ccccc5sc4c32)c1.c1ccc(-n2c3ccc(-c4ccc5c(c4)c4ccccc4n5-c4cccc([Si](c5ccccc5)(c5ccccc5)c5ccccc5)c4)cc3c3ccc4c5ccccc5sc4c32)cc1. The van der Waals surface area contributed by atoms with Crippen LogP contribution in [-0.4, -0.2) is 26.3 Å². The first kappa shape index (κ1) is 64.3. The largest absolute Gasteiger partial charge is 0.309 e. The van der Waals surface area contributed by atoms with Gasteiger partial charge in [-0.2, -0.15) is 0 Å². The minimum atomic E-state index is -2.73. The summed E-state index contributed by atoms with van der Waals surface area (Å²) in [5.41, 5.74) is 19.6. The number of thiophene rings is 2. The Balaban J connectivity index is 0.000000143. The second kappa shape index (κ2) is 25.9. The maximum Gasteiger partial charge on any atom is 0.189 e. The number of aromatic nitrogens is 4. The van der Waals surface area contributed by atoms with Crippen molar-refractivity contribution in [2.75, 3.05) is 0 Å². The van der Waals surface area contributed by atoms with Crippen LogP contribution in [0.3, 0.4) is 0 Å². The Labute approximate surface area is 648 Å². The molecule has 23 rings (SSSR count). The van der Waals surface area contributed by atoms with E-state index in [0.29, 0.717) is 5.69 Å². The van der Waals surface area contributed by atoms with E-state index in [1.807, 2.05) is 40.9 Å². The number of nitrogens with zero attached hydrogens (tertiary/aromatic N) is 5. The summed E-state index contributed by atoms with van der Waals surface area (Å²) >= 11 is 3.74. The molecule has 0 aliphatic rings. The lowest BCUT2D eigenvalue weighted by Gasteiger charge is -2.34. The monoisotopic (exact) mass is 1460 g/mol. The number of benzene rings is 17. The normalized spacial score (nSPS) is 12.0. The van der Waals surface area contributed by atoms with Crippen molar-refractivity contribution < 1.29 is 0 Å². The van der Waals surface area contributed by atoms with Crippen molar-refractivity contribution in [3.8, 4) is 45.0 Å². The lowest BCUT2D eigenvalue weighted by atomic mass is 10.0. The molecule has 8 heteroatoms. The van der Waals surface area contributed by atoms with Crippen LogP contribution in [0, 0.1) is 6.57 Å². The highest BCUT2D eigenvalue weighted by atomic mass is 32.1. The molecular formula is C103H65N5S2Si. The summed E-state index contributed by atoms with van der Waals surface area (Å²) in [5.74, 6) is 0. The Morgan fingerprint density at radius 2 is 0.532 bits per heavy atom. The number of fused-ring (bicyclic) bond motifs is 20. The van der Waals surface area contributed by atoms with Crippen LogP contribution in [0.4, 0.5) is 5.69 Å². The lowest BCUT2D eigenvalue weighted by Crippen LogP contribution is -2.74. The zero-order valence-electron chi connectivity index (χ0n) is 60.1. The topological polar surface area (TPSA) is 24.1 Å². The molecule has 0 N–H and O–H groups in total. The molecule has 0 atom stereocenters. The predicted molar refractivity (Wildman–Crippen MR) is 477 cm³/mol. The third-order valence-corrected chi connectivity index (χ3v) is 30.1. The average Bonchev–Trinajstić information content (AvgIpc) is 1.65. The van der Waals surface area contributed by atoms with Gasteiger partial charge in [-0.05, 0) is 164 Å². The van der Waals surface area contributed by atoms with Gasteiger partial charge in [-0.3, -0.25) is 0 Å². The smallest absolute Gasteiger partial charge is 0.189 e. The van der Waals surface area contributed by atoms with Crippen LogP contribution in [0.25, 0.3) is 177 Å². The summed E-state index contributed by atoms with van der Waals surface area (Å²) in [6.07, 6.45) is 0. The van der Waals surface area contributed by atoms with E-state index in [4.69, 9.17) is 6.57 Å². The summed E-state index contributed by atoms with van der Waals surface area (Å²) in [6.45, 7) is 7.69. The van der Waals surface area contributed by atoms with Crippen molar-refractivity contribution in [3.63, 3.8) is 0 Å². The minimum Gasteiger partial charge on any atom is -0.309 e. The maximum atomic E-state index is 7.69. The third kappa shape index (κ3) is 10.1. The summed E-state index contributed by atoms with van der Waals surface area (Å²) in [4.78, 5) is 3.76. The van der Waals surface area contributed by atoms with Crippen LogP contribution in [0.15, 0.2) is 394 Å². The van der Waals surface area contributed by atoms with Gasteiger partial charge >= 0.3 is 0 Å². The second-order valence-electron chi connectivity index (χ2n) is 28.9. The fraction of sp³-hybridized carbons (Fsp3) is 0. The Bertz CT molecular complexity index is 7610. The van der Waals surface area contributed by atoms with Crippen molar-refractivity contribution in [1.82, 2.24) is 18.3 Å². The van der Waals surface area contributed by atoms with E-state index in [9.17, 15) is 0 Å². The van der Waals surface area contributed by atoms with Crippen molar-refractivity contribution in [2.24, 2.45) is 0 Å². The Morgan fingerprint density at radius 3 is 0.982 bits per heavy atom. The zero-order chi connectivity index (χ0) is 73.3. The molecule has 0 unspecified atom stereocenters. The van der Waals surface area contributed by atoms with Gasteiger partial charge in [0.1, 0.15) is 0 Å². The van der Waals surface area contributed by atoms with E-state index in [-0.39, 0.29) is 0 Å². The second-order valence-corrected chi connectivity index (χ2v) is 34.8. The van der Waals surface area contributed by atoms with E-state index >= 15 is 0 Å². The van der Waals surface area contributed by atoms with Crippen LogP contribution in [-0.2, 0) is 0 Å². The summed E-state index contributed by atoms with van der Waals surface area (Å²) < 4.78 is 14.9. The van der Waals surface area contributed by atoms with Gasteiger partial charge in [0.25, 0.3) is 0 Å². The van der Waals surface area contributed by atoms with Crippen molar-refractivity contribution in [3.05, 3.63) is 406 Å². The molecule has 6 aromatic heterocycles. The molecule has 23 aromatic rings. The van der Waals surface area contributed by atoms with E-state index < -0.39 is 8.07 Å². The zero-order valence-corrected chi connectivity index (χ0v) is 62.7. The maximum absolute atomic E-state index is 7.69. The molecule has 0 amide bonds. The molecule has 0 aliphatic carbocycles. The van der Waals surface area contributed by atoms with Gasteiger partial charge in [-0.15, -0.1) is 22.7 Å². The Morgan fingerprint density at radius 1 is 0.216 bits per heavy atom. The van der Waals surface area contributed by atoms with Crippen LogP contribution >= 0.6 is 22.7 Å². The summed E-state index contributed by atoms with van der Waals surface area (Å²) in [5, 5.41) is 20.6. The third-order valence-electron chi connectivity index (χ3n) is 23.0. The van der Waals surface area contributed by atoms with Gasteiger partial charge in [-0.1, -0.05) is 273 Å². The van der Waals surface area contributed by atoms with E-state index in [1.54, 1.807) is 0 Å². The molecule has 0 saturated carbocycles. The van der Waals surface area contributed by atoms with Crippen LogP contribution < -0.4 is 20.7 Å². The molecule has 518 valence electrons. The molecule has 0 aliphatic heterocycles. The fourth-order valence-electron chi connectivity index (χ4n) is 18.1. The van der Waals surface area contributed by atoms with Gasteiger partial charge in [0.15, 0.2) is 13.8 Å². The molecule has 111 heavy (non-hydrogen) atoms. The number of para-hydroxylation sites is 4. The van der Waals surface area contributed by atoms with E-state index in [0.717, 1.165) is 16.9 Å². The minimum absolute atomic E-state index is 0.639. The average molecular weight is 1460 g/mol. The molecule has 0 fully saturated rings. The molecule has 5 nitrogen and oxygen atoms in total. The highest BCUT2D eigenvalue weighted by Crippen LogP contribution is 2.48. The molecule has 17 aromatic carbocycles. The van der Waals surface area contributed by atoms with Crippen LogP contribution in [0.2, 0.25) is 0 Å². The number of hydrogen-bond donors (Lipinski definition) is 0. The molecule has 0 spiro atoms. The summed E-state index contributed by atoms with van der Waals surface area (Å²) in [6, 6.07) is 145. The standard InChI is InChI=1S/C60H40N2SSi.C43H25N3S/c1-5-18-43(19-6-1)62-57-37-33-42(39-54(57)51-34-35-52-50-29-14-16-31-58(50)63-60(52)59(51)62)41-32-36-56-53(38-41)49-28-13-15-30-55(49)61(56)44-20-17-27-48(40-44)64(45-21-7-2-8-22-45,46-23-9-3-10-24-46)47-25-11-4-12-26-47;1-44-29-10-9-13-31(26-29)46-40-23-19-28(25-37(40)34-20-21-35-33-15-6-8-17-41(33)47-43(35)42(34)46)27-18-22-39-36(24-27)32-14-5-7-16-38(32)45(39)30-11-3-2-4-12-30/h1-40H;2-26H. The quantitative estimate of drug-likeness (QED) is 0.0740. The molecular weight excluding hydrogens is 1400 g/mol. The Hall–Kier alpha value is -13.9. The number of rotatable bonds is 10. The van der Waals surface area contributed by atoms with Gasteiger partial charge in [-0.25, -0.2) is 4.85 Å². The van der Waals surface area contributed by atoms with Crippen LogP contribution in [0.5, 0.6) is 0 Å². The van der Waals surface area contributed by atoms with Gasteiger partial charge in [0.2, 0.25) is 0 Å². The first-order valence-corrected chi connectivity index (χ1v) is 41.4. The first-order chi connectivity index (χ1) is 55.0. The van der Waals surface area contributed by atoms with Crippen molar-refractivity contribution in [1.29, 1.82) is 0 Å². The summed E-state index contributed by atoms with van der Waals surface area (Å²) in [7, 11) is -2.73. The lowest BCUT2D eigenvalue weighted by molar-refractivity contribution is 1.18. The molecule has 0 saturated heterocycles. The predicted octanol–water partition coefficient (Wildman–Crippen LogP) is 25.8.